The van der Waals surface area contributed by atoms with Gasteiger partial charge in [0.2, 0.25) is 0 Å². The fourth-order valence-corrected chi connectivity index (χ4v) is 8.52. The van der Waals surface area contributed by atoms with Crippen LogP contribution < -0.4 is 0 Å². The molecule has 0 aromatic heterocycles. The summed E-state index contributed by atoms with van der Waals surface area (Å²) in [5.74, 6) is 7.70. The van der Waals surface area contributed by atoms with E-state index in [1.807, 2.05) is 0 Å². The van der Waals surface area contributed by atoms with Crippen LogP contribution >= 0.6 is 0 Å². The van der Waals surface area contributed by atoms with Crippen molar-refractivity contribution in [2.45, 2.75) is 77.7 Å². The van der Waals surface area contributed by atoms with E-state index in [0.717, 1.165) is 12.5 Å². The van der Waals surface area contributed by atoms with Crippen LogP contribution in [0.2, 0.25) is 26.2 Å². The molecule has 18 heavy (non-hydrogen) atoms. The minimum atomic E-state index is -0.312. The minimum absolute atomic E-state index is 0.312. The third kappa shape index (κ3) is 4.57. The van der Waals surface area contributed by atoms with E-state index in [1.54, 1.807) is 0 Å². The van der Waals surface area contributed by atoms with Crippen LogP contribution in [0.1, 0.15) is 45.4 Å². The molecule has 1 fully saturated rings. The van der Waals surface area contributed by atoms with Gasteiger partial charge in [0.25, 0.3) is 0 Å². The highest BCUT2D eigenvalue weighted by Crippen LogP contribution is 2.31. The maximum Gasteiger partial charge on any atom is 0.122 e. The SMILES string of the molecule is CCCCC#C[C@@H]1CCC[C@@H]1N([Si](C)C)[Si](C)C. The van der Waals surface area contributed by atoms with Gasteiger partial charge in [-0.05, 0) is 19.3 Å². The van der Waals surface area contributed by atoms with Gasteiger partial charge >= 0.3 is 0 Å². The van der Waals surface area contributed by atoms with E-state index in [2.05, 4.69) is 49.2 Å². The Morgan fingerprint density at radius 1 is 1.11 bits per heavy atom. The number of unbranched alkanes of at least 4 members (excludes halogenated alkanes) is 2. The molecule has 1 aliphatic carbocycles. The van der Waals surface area contributed by atoms with Gasteiger partial charge in [0.1, 0.15) is 17.9 Å². The van der Waals surface area contributed by atoms with Crippen LogP contribution in [-0.2, 0) is 0 Å². The van der Waals surface area contributed by atoms with E-state index in [0.29, 0.717) is 5.92 Å². The molecule has 0 aliphatic heterocycles. The fourth-order valence-electron chi connectivity index (χ4n) is 3.00. The number of rotatable bonds is 5. The average Bonchev–Trinajstić information content (AvgIpc) is 2.72. The monoisotopic (exact) mass is 279 g/mol. The molecule has 0 aromatic carbocycles. The summed E-state index contributed by atoms with van der Waals surface area (Å²) >= 11 is 0. The molecule has 102 valence electrons. The third-order valence-corrected chi connectivity index (χ3v) is 8.99. The standard InChI is InChI=1S/C15H29NSi2/c1-6-7-8-9-11-14-12-10-13-15(14)16(17(2)3)18(4)5/h14-15H,6-8,10,12-13H2,1-5H3/t14-,15+/m1/s1. The number of nitrogens with zero attached hydrogens (tertiary/aromatic N) is 1. The molecule has 0 bridgehead atoms. The zero-order valence-electron chi connectivity index (χ0n) is 12.8. The van der Waals surface area contributed by atoms with Crippen molar-refractivity contribution in [2.75, 3.05) is 0 Å². The normalized spacial score (nSPS) is 23.8. The van der Waals surface area contributed by atoms with E-state index in [9.17, 15) is 0 Å². The Hall–Kier alpha value is -0.0462. The predicted octanol–water partition coefficient (Wildman–Crippen LogP) is 4.15. The molecule has 2 radical (unpaired) electrons. The average molecular weight is 280 g/mol. The van der Waals surface area contributed by atoms with Gasteiger partial charge in [-0.15, -0.1) is 5.92 Å². The van der Waals surface area contributed by atoms with Crippen LogP contribution in [0.3, 0.4) is 0 Å². The van der Waals surface area contributed by atoms with Gasteiger partial charge in [0.05, 0.1) is 0 Å². The number of hydrogen-bond acceptors (Lipinski definition) is 1. The third-order valence-electron chi connectivity index (χ3n) is 3.72. The van der Waals surface area contributed by atoms with E-state index >= 15 is 0 Å². The molecular weight excluding hydrogens is 250 g/mol. The smallest absolute Gasteiger partial charge is 0.122 e. The highest BCUT2D eigenvalue weighted by molar-refractivity contribution is 6.70. The molecule has 0 N–H and O–H groups in total. The van der Waals surface area contributed by atoms with E-state index in [4.69, 9.17) is 0 Å². The molecule has 2 atom stereocenters. The molecule has 0 aromatic rings. The van der Waals surface area contributed by atoms with Gasteiger partial charge in [-0.1, -0.05) is 51.9 Å². The van der Waals surface area contributed by atoms with Crippen molar-refractivity contribution >= 4 is 17.9 Å². The second kappa shape index (κ2) is 8.19. The van der Waals surface area contributed by atoms with Crippen LogP contribution in [-0.4, -0.2) is 28.2 Å². The molecule has 0 amide bonds. The lowest BCUT2D eigenvalue weighted by Gasteiger charge is -2.37. The fraction of sp³-hybridized carbons (Fsp3) is 0.867. The summed E-state index contributed by atoms with van der Waals surface area (Å²) in [6, 6.07) is 0.784. The molecule has 0 saturated heterocycles. The van der Waals surface area contributed by atoms with E-state index in [-0.39, 0.29) is 17.9 Å². The van der Waals surface area contributed by atoms with E-state index < -0.39 is 0 Å². The lowest BCUT2D eigenvalue weighted by atomic mass is 10.1. The first kappa shape index (κ1) is 16.0. The maximum absolute atomic E-state index is 3.60. The minimum Gasteiger partial charge on any atom is -0.344 e. The van der Waals surface area contributed by atoms with Crippen molar-refractivity contribution in [3.05, 3.63) is 0 Å². The molecular formula is C15H29NSi2. The lowest BCUT2D eigenvalue weighted by Crippen LogP contribution is -2.51. The van der Waals surface area contributed by atoms with Crippen molar-refractivity contribution in [3.8, 4) is 11.8 Å². The Bertz CT molecular complexity index is 283. The summed E-state index contributed by atoms with van der Waals surface area (Å²) < 4.78 is 2.88. The zero-order chi connectivity index (χ0) is 13.5. The van der Waals surface area contributed by atoms with Crippen LogP contribution in [0.5, 0.6) is 0 Å². The van der Waals surface area contributed by atoms with Crippen molar-refractivity contribution in [3.63, 3.8) is 0 Å². The van der Waals surface area contributed by atoms with Crippen LogP contribution in [0, 0.1) is 17.8 Å². The summed E-state index contributed by atoms with van der Waals surface area (Å²) in [5.41, 5.74) is 0. The second-order valence-corrected chi connectivity index (χ2v) is 11.0. The first-order valence-electron chi connectivity index (χ1n) is 7.45. The molecule has 0 heterocycles. The molecule has 1 aliphatic rings. The maximum atomic E-state index is 3.60. The second-order valence-electron chi connectivity index (χ2n) is 5.79. The molecule has 1 rings (SSSR count). The largest absolute Gasteiger partial charge is 0.344 e. The van der Waals surface area contributed by atoms with Crippen LogP contribution in [0.4, 0.5) is 0 Å². The Balaban J connectivity index is 2.64. The summed E-state index contributed by atoms with van der Waals surface area (Å²) in [6.45, 7) is 12.0. The zero-order valence-corrected chi connectivity index (χ0v) is 14.8. The van der Waals surface area contributed by atoms with Gasteiger partial charge in [0.15, 0.2) is 0 Å². The first-order valence-corrected chi connectivity index (χ1v) is 12.3. The highest BCUT2D eigenvalue weighted by atomic mass is 28.3. The number of hydrogen-bond donors (Lipinski definition) is 0. The molecule has 1 nitrogen and oxygen atoms in total. The Morgan fingerprint density at radius 3 is 2.33 bits per heavy atom. The molecule has 0 spiro atoms. The van der Waals surface area contributed by atoms with Gasteiger partial charge in [0, 0.05) is 18.4 Å². The summed E-state index contributed by atoms with van der Waals surface area (Å²) in [4.78, 5) is 0. The van der Waals surface area contributed by atoms with Crippen molar-refractivity contribution in [1.29, 1.82) is 0 Å². The Labute approximate surface area is 118 Å². The quantitative estimate of drug-likeness (QED) is 0.415. The van der Waals surface area contributed by atoms with E-state index in [1.165, 1.54) is 32.1 Å². The van der Waals surface area contributed by atoms with Crippen molar-refractivity contribution < 1.29 is 0 Å². The Kier molecular flexibility index (Phi) is 7.28. The summed E-state index contributed by atoms with van der Waals surface area (Å²) in [5, 5.41) is 0. The van der Waals surface area contributed by atoms with Gasteiger partial charge in [-0.3, -0.25) is 0 Å². The van der Waals surface area contributed by atoms with Gasteiger partial charge in [-0.2, -0.15) is 0 Å². The molecule has 0 unspecified atom stereocenters. The van der Waals surface area contributed by atoms with Gasteiger partial charge in [-0.25, -0.2) is 0 Å². The predicted molar refractivity (Wildman–Crippen MR) is 85.2 cm³/mol. The van der Waals surface area contributed by atoms with Crippen LogP contribution in [0.15, 0.2) is 0 Å². The summed E-state index contributed by atoms with van der Waals surface area (Å²) in [7, 11) is -0.623. The van der Waals surface area contributed by atoms with Crippen molar-refractivity contribution in [1.82, 2.24) is 4.23 Å². The van der Waals surface area contributed by atoms with Crippen molar-refractivity contribution in [2.24, 2.45) is 5.92 Å². The lowest BCUT2D eigenvalue weighted by molar-refractivity contribution is 0.415. The highest BCUT2D eigenvalue weighted by Gasteiger charge is 2.34. The molecule has 3 heteroatoms. The Morgan fingerprint density at radius 2 is 1.78 bits per heavy atom. The van der Waals surface area contributed by atoms with Gasteiger partial charge < -0.3 is 4.23 Å². The topological polar surface area (TPSA) is 3.24 Å². The summed E-state index contributed by atoms with van der Waals surface area (Å²) in [6.07, 6.45) is 7.75. The van der Waals surface area contributed by atoms with Crippen LogP contribution in [0.25, 0.3) is 0 Å². The molecule has 1 saturated carbocycles. The first-order chi connectivity index (χ1) is 8.57.